The SMILES string of the molecule is CCCCCCCCCCCOC(=O)CCCCCN(CCN(CCO)CCCCCCC(=O)O)C1CCCCC1. The van der Waals surface area contributed by atoms with Crippen LogP contribution in [0.5, 0.6) is 0 Å². The van der Waals surface area contributed by atoms with Crippen LogP contribution in [0.15, 0.2) is 0 Å². The predicted molar refractivity (Wildman–Crippen MR) is 169 cm³/mol. The molecule has 0 saturated heterocycles. The average molecular weight is 583 g/mol. The Morgan fingerprint density at radius 3 is 1.93 bits per heavy atom. The minimum atomic E-state index is -0.709. The highest BCUT2D eigenvalue weighted by Gasteiger charge is 2.21. The van der Waals surface area contributed by atoms with Crippen LogP contribution in [0.4, 0.5) is 0 Å². The Balaban J connectivity index is 2.21. The number of aliphatic carboxylic acids is 1. The molecule has 0 heterocycles. The molecule has 1 aliphatic rings. The van der Waals surface area contributed by atoms with Crippen LogP contribution in [0.2, 0.25) is 0 Å². The number of hydrogen-bond acceptors (Lipinski definition) is 6. The molecule has 1 aliphatic carbocycles. The second-order valence-corrected chi connectivity index (χ2v) is 12.3. The van der Waals surface area contributed by atoms with E-state index in [1.807, 2.05) is 0 Å². The van der Waals surface area contributed by atoms with Crippen molar-refractivity contribution in [2.45, 2.75) is 161 Å². The van der Waals surface area contributed by atoms with Gasteiger partial charge < -0.3 is 14.9 Å². The van der Waals surface area contributed by atoms with Crippen molar-refractivity contribution >= 4 is 11.9 Å². The fourth-order valence-electron chi connectivity index (χ4n) is 6.07. The van der Waals surface area contributed by atoms with Crippen molar-refractivity contribution in [1.29, 1.82) is 0 Å². The third kappa shape index (κ3) is 23.0. The van der Waals surface area contributed by atoms with Crippen molar-refractivity contribution in [3.05, 3.63) is 0 Å². The fourth-order valence-corrected chi connectivity index (χ4v) is 6.07. The van der Waals surface area contributed by atoms with Gasteiger partial charge in [-0.2, -0.15) is 0 Å². The Kier molecular flexibility index (Phi) is 25.5. The molecule has 0 bridgehead atoms. The summed E-state index contributed by atoms with van der Waals surface area (Å²) in [4.78, 5) is 27.9. The highest BCUT2D eigenvalue weighted by atomic mass is 16.5. The summed E-state index contributed by atoms with van der Waals surface area (Å²) in [6.07, 6.45) is 25.7. The molecule has 0 atom stereocenters. The first-order chi connectivity index (χ1) is 20.1. The van der Waals surface area contributed by atoms with Crippen LogP contribution in [0, 0.1) is 0 Å². The van der Waals surface area contributed by atoms with Crippen molar-refractivity contribution < 1.29 is 24.5 Å². The summed E-state index contributed by atoms with van der Waals surface area (Å²) < 4.78 is 5.48. The molecule has 0 aromatic rings. The van der Waals surface area contributed by atoms with Crippen LogP contribution in [0.25, 0.3) is 0 Å². The molecule has 242 valence electrons. The van der Waals surface area contributed by atoms with E-state index < -0.39 is 5.97 Å². The summed E-state index contributed by atoms with van der Waals surface area (Å²) >= 11 is 0. The lowest BCUT2D eigenvalue weighted by molar-refractivity contribution is -0.144. The zero-order valence-corrected chi connectivity index (χ0v) is 26.8. The van der Waals surface area contributed by atoms with E-state index in [4.69, 9.17) is 9.84 Å². The Hall–Kier alpha value is -1.18. The van der Waals surface area contributed by atoms with E-state index in [0.717, 1.165) is 77.5 Å². The molecule has 1 rings (SSSR count). The largest absolute Gasteiger partial charge is 0.481 e. The third-order valence-electron chi connectivity index (χ3n) is 8.66. The number of hydrogen-bond donors (Lipinski definition) is 2. The first-order valence-electron chi connectivity index (χ1n) is 17.5. The number of carboxylic acid groups (broad SMARTS) is 1. The Bertz CT molecular complexity index is 612. The molecule has 0 spiro atoms. The molecular weight excluding hydrogens is 516 g/mol. The molecule has 0 amide bonds. The number of unbranched alkanes of at least 4 members (excludes halogenated alkanes) is 13. The van der Waals surface area contributed by atoms with Gasteiger partial charge in [0, 0.05) is 38.5 Å². The second-order valence-electron chi connectivity index (χ2n) is 12.3. The molecule has 0 aliphatic heterocycles. The van der Waals surface area contributed by atoms with E-state index in [2.05, 4.69) is 16.7 Å². The lowest BCUT2D eigenvalue weighted by Crippen LogP contribution is -2.43. The third-order valence-corrected chi connectivity index (χ3v) is 8.66. The van der Waals surface area contributed by atoms with Crippen molar-refractivity contribution in [3.8, 4) is 0 Å². The number of esters is 1. The molecule has 2 N–H and O–H groups in total. The maximum atomic E-state index is 12.2. The number of ether oxygens (including phenoxy) is 1. The van der Waals surface area contributed by atoms with Crippen molar-refractivity contribution in [3.63, 3.8) is 0 Å². The van der Waals surface area contributed by atoms with E-state index in [-0.39, 0.29) is 19.0 Å². The summed E-state index contributed by atoms with van der Waals surface area (Å²) in [6, 6.07) is 0.664. The van der Waals surface area contributed by atoms with Gasteiger partial charge in [0.2, 0.25) is 0 Å². The standard InChI is InChI=1S/C34H66N2O5/c1-2-3-4-5-6-7-8-11-20-31-41-34(40)24-17-13-19-26-36(32-21-14-12-15-22-32)28-27-35(29-30-37)25-18-10-9-16-23-33(38)39/h32,37H,2-31H2,1H3,(H,38,39). The van der Waals surface area contributed by atoms with Gasteiger partial charge in [-0.05, 0) is 58.0 Å². The van der Waals surface area contributed by atoms with Gasteiger partial charge in [-0.25, -0.2) is 0 Å². The van der Waals surface area contributed by atoms with Crippen LogP contribution in [0.3, 0.4) is 0 Å². The van der Waals surface area contributed by atoms with E-state index in [1.54, 1.807) is 0 Å². The summed E-state index contributed by atoms with van der Waals surface area (Å²) in [5, 5.41) is 18.4. The number of carbonyl (C=O) groups is 2. The number of aliphatic hydroxyl groups is 1. The van der Waals surface area contributed by atoms with Crippen LogP contribution < -0.4 is 0 Å². The number of nitrogens with zero attached hydrogens (tertiary/aromatic N) is 2. The van der Waals surface area contributed by atoms with Gasteiger partial charge in [0.1, 0.15) is 0 Å². The number of carboxylic acids is 1. The summed E-state index contributed by atoms with van der Waals surface area (Å²) in [5.74, 6) is -0.740. The lowest BCUT2D eigenvalue weighted by Gasteiger charge is -2.36. The van der Waals surface area contributed by atoms with Crippen LogP contribution in [0.1, 0.15) is 155 Å². The molecule has 0 aromatic heterocycles. The molecule has 0 radical (unpaired) electrons. The maximum absolute atomic E-state index is 12.2. The van der Waals surface area contributed by atoms with Gasteiger partial charge in [-0.1, -0.05) is 96.8 Å². The topological polar surface area (TPSA) is 90.3 Å². The molecule has 0 unspecified atom stereocenters. The van der Waals surface area contributed by atoms with Crippen LogP contribution >= 0.6 is 0 Å². The summed E-state index contributed by atoms with van der Waals surface area (Å²) in [7, 11) is 0. The Morgan fingerprint density at radius 1 is 0.659 bits per heavy atom. The second kappa shape index (κ2) is 27.6. The minimum absolute atomic E-state index is 0.0312. The number of aliphatic hydroxyl groups excluding tert-OH is 1. The number of carbonyl (C=O) groups excluding carboxylic acids is 1. The predicted octanol–water partition coefficient (Wildman–Crippen LogP) is 7.58. The van der Waals surface area contributed by atoms with Gasteiger partial charge in [0.05, 0.1) is 13.2 Å². The Morgan fingerprint density at radius 2 is 1.24 bits per heavy atom. The molecular formula is C34H66N2O5. The van der Waals surface area contributed by atoms with Gasteiger partial charge in [0.25, 0.3) is 0 Å². The molecule has 7 nitrogen and oxygen atoms in total. The average Bonchev–Trinajstić information content (AvgIpc) is 2.97. The fraction of sp³-hybridized carbons (Fsp3) is 0.941. The van der Waals surface area contributed by atoms with Crippen LogP contribution in [-0.2, 0) is 14.3 Å². The Labute approximate surface area is 252 Å². The number of rotatable bonds is 29. The molecule has 41 heavy (non-hydrogen) atoms. The molecule has 7 heteroatoms. The maximum Gasteiger partial charge on any atom is 0.305 e. The van der Waals surface area contributed by atoms with Gasteiger partial charge >= 0.3 is 11.9 Å². The molecule has 0 aromatic carbocycles. The van der Waals surface area contributed by atoms with Crippen molar-refractivity contribution in [2.75, 3.05) is 45.9 Å². The highest BCUT2D eigenvalue weighted by Crippen LogP contribution is 2.23. The zero-order chi connectivity index (χ0) is 29.8. The van der Waals surface area contributed by atoms with E-state index >= 15 is 0 Å². The monoisotopic (exact) mass is 582 g/mol. The molecule has 1 fully saturated rings. The van der Waals surface area contributed by atoms with Gasteiger partial charge in [-0.3, -0.25) is 19.4 Å². The zero-order valence-electron chi connectivity index (χ0n) is 26.8. The first kappa shape index (κ1) is 37.8. The van der Waals surface area contributed by atoms with E-state index in [0.29, 0.717) is 25.6 Å². The van der Waals surface area contributed by atoms with E-state index in [1.165, 1.54) is 83.5 Å². The lowest BCUT2D eigenvalue weighted by atomic mass is 9.94. The highest BCUT2D eigenvalue weighted by molar-refractivity contribution is 5.69. The van der Waals surface area contributed by atoms with E-state index in [9.17, 15) is 14.7 Å². The molecule has 1 saturated carbocycles. The quantitative estimate of drug-likeness (QED) is 0.0694. The summed E-state index contributed by atoms with van der Waals surface area (Å²) in [5.41, 5.74) is 0. The van der Waals surface area contributed by atoms with Gasteiger partial charge in [-0.15, -0.1) is 0 Å². The van der Waals surface area contributed by atoms with Crippen molar-refractivity contribution in [1.82, 2.24) is 9.80 Å². The smallest absolute Gasteiger partial charge is 0.305 e. The normalized spacial score (nSPS) is 14.2. The van der Waals surface area contributed by atoms with Crippen LogP contribution in [-0.4, -0.2) is 83.9 Å². The van der Waals surface area contributed by atoms with Crippen molar-refractivity contribution in [2.24, 2.45) is 0 Å². The first-order valence-corrected chi connectivity index (χ1v) is 17.5. The minimum Gasteiger partial charge on any atom is -0.481 e. The summed E-state index contributed by atoms with van der Waals surface area (Å²) in [6.45, 7) is 7.77. The van der Waals surface area contributed by atoms with Gasteiger partial charge in [0.15, 0.2) is 0 Å².